The fourth-order valence-corrected chi connectivity index (χ4v) is 4.72. The topological polar surface area (TPSA) is 40.8 Å². The molecule has 1 aliphatic carbocycles. The normalized spacial score (nSPS) is 18.0. The summed E-state index contributed by atoms with van der Waals surface area (Å²) in [6, 6.07) is 6.86. The van der Waals surface area contributed by atoms with Crippen LogP contribution in [0.25, 0.3) is 4.85 Å². The van der Waals surface area contributed by atoms with Crippen LogP contribution in [0.1, 0.15) is 51.2 Å². The number of halogens is 1. The van der Waals surface area contributed by atoms with Gasteiger partial charge in [-0.15, -0.1) is 4.98 Å². The van der Waals surface area contributed by atoms with E-state index in [1.165, 1.54) is 17.2 Å². The van der Waals surface area contributed by atoms with Crippen LogP contribution in [0.5, 0.6) is 0 Å². The lowest BCUT2D eigenvalue weighted by Crippen LogP contribution is -2.55. The molecular weight excluding hydrogens is 399 g/mol. The summed E-state index contributed by atoms with van der Waals surface area (Å²) in [5.41, 5.74) is 1.33. The van der Waals surface area contributed by atoms with Crippen LogP contribution in [0.2, 0.25) is 0 Å². The number of anilines is 2. The number of hydrogen-bond donors (Lipinski definition) is 0. The van der Waals surface area contributed by atoms with Gasteiger partial charge in [-0.1, -0.05) is 33.4 Å². The average Bonchev–Trinajstić information content (AvgIpc) is 2.87. The van der Waals surface area contributed by atoms with Crippen molar-refractivity contribution >= 4 is 40.4 Å². The molecule has 1 aromatic heterocycles. The third-order valence-electron chi connectivity index (χ3n) is 6.01. The molecule has 2 heterocycles. The molecule has 154 valence electrons. The Hall–Kier alpha value is -2.85. The van der Waals surface area contributed by atoms with Gasteiger partial charge in [0.1, 0.15) is 17.6 Å². The lowest BCUT2D eigenvalue weighted by atomic mass is 9.75. The summed E-state index contributed by atoms with van der Waals surface area (Å²) in [4.78, 5) is 24.3. The van der Waals surface area contributed by atoms with Gasteiger partial charge in [-0.3, -0.25) is 9.69 Å². The van der Waals surface area contributed by atoms with Crippen molar-refractivity contribution in [2.45, 2.75) is 57.9 Å². The number of rotatable bonds is 2. The van der Waals surface area contributed by atoms with Gasteiger partial charge in [0.2, 0.25) is 0 Å². The van der Waals surface area contributed by atoms with Crippen LogP contribution in [-0.4, -0.2) is 21.5 Å². The number of amides is 1. The Morgan fingerprint density at radius 2 is 1.93 bits per heavy atom. The highest BCUT2D eigenvalue weighted by Crippen LogP contribution is 2.48. The first-order valence-electron chi connectivity index (χ1n) is 9.93. The van der Waals surface area contributed by atoms with E-state index < -0.39 is 5.54 Å². The summed E-state index contributed by atoms with van der Waals surface area (Å²) in [7, 11) is 0. The molecule has 1 saturated heterocycles. The van der Waals surface area contributed by atoms with Gasteiger partial charge in [0.05, 0.1) is 5.69 Å². The molecule has 1 amide bonds. The van der Waals surface area contributed by atoms with E-state index in [1.807, 2.05) is 31.7 Å². The van der Waals surface area contributed by atoms with Gasteiger partial charge in [-0.25, -0.2) is 4.39 Å². The van der Waals surface area contributed by atoms with Crippen LogP contribution in [0.15, 0.2) is 30.5 Å². The highest BCUT2D eigenvalue weighted by Gasteiger charge is 2.59. The van der Waals surface area contributed by atoms with E-state index in [4.69, 9.17) is 18.8 Å². The number of hydrogen-bond acceptors (Lipinski definition) is 3. The Labute approximate surface area is 181 Å². The van der Waals surface area contributed by atoms with Crippen LogP contribution in [0.4, 0.5) is 21.6 Å². The number of pyridine rings is 1. The zero-order valence-electron chi connectivity index (χ0n) is 17.5. The van der Waals surface area contributed by atoms with E-state index in [0.29, 0.717) is 46.3 Å². The fraction of sp³-hybridized carbons (Fsp3) is 0.391. The number of benzene rings is 1. The molecule has 30 heavy (non-hydrogen) atoms. The van der Waals surface area contributed by atoms with Gasteiger partial charge >= 0.3 is 0 Å². The van der Waals surface area contributed by atoms with Crippen molar-refractivity contribution in [1.82, 2.24) is 4.98 Å². The predicted octanol–water partition coefficient (Wildman–Crippen LogP) is 5.44. The zero-order chi connectivity index (χ0) is 21.8. The first-order chi connectivity index (χ1) is 14.1. The second kappa shape index (κ2) is 6.85. The summed E-state index contributed by atoms with van der Waals surface area (Å²) in [5, 5.41) is 0.319. The zero-order valence-corrected chi connectivity index (χ0v) is 18.3. The molecule has 0 atom stereocenters. The van der Waals surface area contributed by atoms with Crippen molar-refractivity contribution < 1.29 is 9.18 Å². The molecule has 0 unspecified atom stereocenters. The summed E-state index contributed by atoms with van der Waals surface area (Å²) in [5.74, 6) is -0.121. The molecule has 2 fully saturated rings. The third-order valence-corrected chi connectivity index (χ3v) is 6.38. The van der Waals surface area contributed by atoms with E-state index in [1.54, 1.807) is 19.1 Å². The minimum Gasteiger partial charge on any atom is -0.360 e. The van der Waals surface area contributed by atoms with Crippen molar-refractivity contribution in [2.75, 3.05) is 9.80 Å². The Kier molecular flexibility index (Phi) is 4.66. The maximum atomic E-state index is 14.9. The molecular formula is C23H23FN4OS. The number of thiocarbonyl (C=S) groups is 1. The Morgan fingerprint density at radius 3 is 2.43 bits per heavy atom. The third kappa shape index (κ3) is 2.90. The second-order valence-corrected chi connectivity index (χ2v) is 9.37. The highest BCUT2D eigenvalue weighted by molar-refractivity contribution is 7.81. The van der Waals surface area contributed by atoms with Crippen LogP contribution in [-0.2, 0) is 10.2 Å². The Balaban J connectivity index is 1.79. The Morgan fingerprint density at radius 1 is 1.23 bits per heavy atom. The quantitative estimate of drug-likeness (QED) is 0.477. The van der Waals surface area contributed by atoms with Crippen molar-refractivity contribution in [3.63, 3.8) is 0 Å². The highest BCUT2D eigenvalue weighted by atomic mass is 32.1. The lowest BCUT2D eigenvalue weighted by Gasteiger charge is -2.43. The molecule has 7 heteroatoms. The number of carbonyl (C=O) groups excluding carboxylic acids is 1. The van der Waals surface area contributed by atoms with Gasteiger partial charge in [-0.05, 0) is 73.1 Å². The fourth-order valence-electron chi connectivity index (χ4n) is 4.25. The van der Waals surface area contributed by atoms with E-state index in [9.17, 15) is 9.18 Å². The molecule has 2 aromatic rings. The van der Waals surface area contributed by atoms with Crippen molar-refractivity contribution in [3.05, 3.63) is 58.8 Å². The summed E-state index contributed by atoms with van der Waals surface area (Å²) < 4.78 is 14.9. The van der Waals surface area contributed by atoms with Gasteiger partial charge in [-0.2, -0.15) is 0 Å². The van der Waals surface area contributed by atoms with Crippen LogP contribution in [0, 0.1) is 19.3 Å². The second-order valence-electron chi connectivity index (χ2n) is 9.00. The Bertz CT molecular complexity index is 1110. The minimum absolute atomic E-state index is 0.115. The molecule has 1 saturated carbocycles. The first-order valence-corrected chi connectivity index (χ1v) is 10.3. The van der Waals surface area contributed by atoms with Crippen molar-refractivity contribution in [2.24, 2.45) is 0 Å². The smallest absolute Gasteiger partial charge is 0.272 e. The standard InChI is InChI=1S/C23H23FN4OS/c1-14-11-16(13-26-19(14)25-5)27-20(29)23(9-6-10-23)28(21(27)30)15-7-8-17(18(24)12-15)22(2,3)4/h7-8,11-13H,6,9-10H2,1-4H3. The number of nitrogens with zero attached hydrogens (tertiary/aromatic N) is 4. The van der Waals surface area contributed by atoms with Gasteiger partial charge in [0.25, 0.3) is 11.7 Å². The SMILES string of the molecule is [C-]#[N+]c1ncc(N2C(=O)C3(CCC3)N(c3ccc(C(C)(C)C)c(F)c3)C2=S)cc1C. The molecule has 1 aliphatic heterocycles. The maximum Gasteiger partial charge on any atom is 0.272 e. The molecule has 0 N–H and O–H groups in total. The summed E-state index contributed by atoms with van der Waals surface area (Å²) in [6.07, 6.45) is 3.74. The van der Waals surface area contributed by atoms with E-state index in [0.717, 1.165) is 6.42 Å². The average molecular weight is 423 g/mol. The summed E-state index contributed by atoms with van der Waals surface area (Å²) >= 11 is 5.73. The molecule has 4 rings (SSSR count). The van der Waals surface area contributed by atoms with E-state index >= 15 is 0 Å². The first kappa shape index (κ1) is 20.4. The van der Waals surface area contributed by atoms with Gasteiger partial charge in [0, 0.05) is 5.69 Å². The predicted molar refractivity (Wildman–Crippen MR) is 119 cm³/mol. The molecule has 5 nitrogen and oxygen atoms in total. The molecule has 0 bridgehead atoms. The number of carbonyl (C=O) groups is 1. The van der Waals surface area contributed by atoms with E-state index in [-0.39, 0.29) is 17.1 Å². The molecule has 1 aromatic carbocycles. The minimum atomic E-state index is -0.779. The van der Waals surface area contributed by atoms with Crippen molar-refractivity contribution in [1.29, 1.82) is 0 Å². The number of aromatic nitrogens is 1. The van der Waals surface area contributed by atoms with Gasteiger partial charge < -0.3 is 9.74 Å². The molecule has 2 aliphatic rings. The lowest BCUT2D eigenvalue weighted by molar-refractivity contribution is -0.123. The summed E-state index contributed by atoms with van der Waals surface area (Å²) in [6.45, 7) is 14.9. The van der Waals surface area contributed by atoms with Crippen molar-refractivity contribution in [3.8, 4) is 0 Å². The van der Waals surface area contributed by atoms with Crippen LogP contribution >= 0.6 is 12.2 Å². The molecule has 0 radical (unpaired) electrons. The maximum absolute atomic E-state index is 14.9. The van der Waals surface area contributed by atoms with E-state index in [2.05, 4.69) is 9.83 Å². The van der Waals surface area contributed by atoms with Gasteiger partial charge in [0.15, 0.2) is 5.11 Å². The monoisotopic (exact) mass is 422 g/mol. The van der Waals surface area contributed by atoms with Crippen LogP contribution in [0.3, 0.4) is 0 Å². The number of aryl methyl sites for hydroxylation is 1. The largest absolute Gasteiger partial charge is 0.360 e. The molecule has 1 spiro atoms. The van der Waals surface area contributed by atoms with Crippen LogP contribution < -0.4 is 9.80 Å².